The van der Waals surface area contributed by atoms with Crippen molar-refractivity contribution in [1.82, 2.24) is 5.32 Å². The fourth-order valence-electron chi connectivity index (χ4n) is 5.35. The summed E-state index contributed by atoms with van der Waals surface area (Å²) >= 11 is 0. The smallest absolute Gasteiger partial charge is 0.249 e. The molecule has 0 radical (unpaired) electrons. The van der Waals surface area contributed by atoms with Crippen molar-refractivity contribution < 1.29 is 54.4 Å². The minimum absolute atomic E-state index is 0.0896. The van der Waals surface area contributed by atoms with Gasteiger partial charge in [0.25, 0.3) is 0 Å². The zero-order valence-electron chi connectivity index (χ0n) is 22.9. The Morgan fingerprint density at radius 2 is 1.56 bits per heavy atom. The quantitative estimate of drug-likeness (QED) is 0.0931. The van der Waals surface area contributed by atoms with E-state index in [4.69, 9.17) is 47.6 Å². The molecule has 41 heavy (non-hydrogen) atoms. The molecule has 1 aliphatic carbocycles. The average molecular weight is 597 g/mol. The summed E-state index contributed by atoms with van der Waals surface area (Å²) < 4.78 is 23.1. The summed E-state index contributed by atoms with van der Waals surface area (Å²) in [4.78, 5) is 12.8. The van der Waals surface area contributed by atoms with E-state index in [-0.39, 0.29) is 19.1 Å². The molecule has 0 bridgehead atoms. The largest absolute Gasteiger partial charge is 0.394 e. The minimum Gasteiger partial charge on any atom is -0.394 e. The second-order valence-corrected chi connectivity index (χ2v) is 11.0. The summed E-state index contributed by atoms with van der Waals surface area (Å²) in [7, 11) is 0. The SMILES string of the molecule is NCCCC[C@H](O)C(=O)NC1[C@H](O[C@H]2OC(CO)[C@@H](O)C(N)C2O)C(O)C(O[C@H]2O[C@H](CN)CCC2N)[C@@H](N)[C@H]1O. The highest BCUT2D eigenvalue weighted by atomic mass is 16.7. The first-order chi connectivity index (χ1) is 19.4. The van der Waals surface area contributed by atoms with Crippen LogP contribution in [0.4, 0.5) is 0 Å². The van der Waals surface area contributed by atoms with Gasteiger partial charge in [-0.15, -0.1) is 0 Å². The van der Waals surface area contributed by atoms with Crippen molar-refractivity contribution >= 4 is 5.91 Å². The number of ether oxygens (including phenoxy) is 4. The van der Waals surface area contributed by atoms with E-state index in [1.807, 2.05) is 0 Å². The normalized spacial score (nSPS) is 44.4. The molecular weight excluding hydrogens is 548 g/mol. The number of nitrogens with one attached hydrogen (secondary N) is 1. The fraction of sp³-hybridized carbons (Fsp3) is 0.958. The van der Waals surface area contributed by atoms with Crippen LogP contribution in [0.1, 0.15) is 32.1 Å². The first-order valence-corrected chi connectivity index (χ1v) is 14.0. The molecule has 3 aliphatic rings. The van der Waals surface area contributed by atoms with Crippen molar-refractivity contribution in [3.05, 3.63) is 0 Å². The van der Waals surface area contributed by atoms with E-state index in [0.717, 1.165) is 0 Å². The van der Waals surface area contributed by atoms with Crippen LogP contribution in [0.25, 0.3) is 0 Å². The first kappa shape index (κ1) is 34.4. The predicted molar refractivity (Wildman–Crippen MR) is 141 cm³/mol. The predicted octanol–water partition coefficient (Wildman–Crippen LogP) is -6.65. The van der Waals surface area contributed by atoms with Crippen molar-refractivity contribution in [2.24, 2.45) is 28.7 Å². The van der Waals surface area contributed by atoms with Crippen LogP contribution in [-0.4, -0.2) is 148 Å². The molecule has 0 aromatic rings. The van der Waals surface area contributed by atoms with Gasteiger partial charge in [-0.2, -0.15) is 0 Å². The molecular formula is C24H48N6O11. The minimum atomic E-state index is -1.67. The summed E-state index contributed by atoms with van der Waals surface area (Å²) in [5.74, 6) is -0.868. The molecule has 17 heteroatoms. The standard InChI is InChI=1S/C24H48N6O11/c25-6-2-1-3-11(32)22(37)30-15-17(34)14(29)20(40-23-10(27)5-4-9(7-26)38-23)19(36)21(15)41-24-18(35)13(28)16(33)12(8-31)39-24/h9-21,23-24,31-36H,1-8,25-29H2,(H,30,37)/t9-,10?,11-,12?,13?,14-,15?,16+,17+,18?,19?,20?,21-,23+,24+/m0/s1. The maximum absolute atomic E-state index is 12.8. The van der Waals surface area contributed by atoms with Gasteiger partial charge in [-0.05, 0) is 38.6 Å². The number of rotatable bonds is 12. The van der Waals surface area contributed by atoms with Gasteiger partial charge in [-0.1, -0.05) is 0 Å². The number of nitrogens with two attached hydrogens (primary N) is 5. The van der Waals surface area contributed by atoms with E-state index in [1.165, 1.54) is 0 Å². The zero-order chi connectivity index (χ0) is 30.4. The molecule has 240 valence electrons. The van der Waals surface area contributed by atoms with Crippen LogP contribution in [0.5, 0.6) is 0 Å². The van der Waals surface area contributed by atoms with E-state index < -0.39 is 98.1 Å². The van der Waals surface area contributed by atoms with E-state index in [0.29, 0.717) is 32.2 Å². The molecule has 2 heterocycles. The van der Waals surface area contributed by atoms with Gasteiger partial charge in [-0.25, -0.2) is 0 Å². The number of hydrogen-bond donors (Lipinski definition) is 12. The molecule has 17 nitrogen and oxygen atoms in total. The van der Waals surface area contributed by atoms with Crippen LogP contribution in [0.3, 0.4) is 0 Å². The lowest BCUT2D eigenvalue weighted by Gasteiger charge is -2.50. The number of unbranched alkanes of at least 4 members (excludes halogenated alkanes) is 1. The molecule has 2 saturated heterocycles. The van der Waals surface area contributed by atoms with Gasteiger partial charge in [-0.3, -0.25) is 4.79 Å². The van der Waals surface area contributed by atoms with Gasteiger partial charge in [0.05, 0.1) is 43.0 Å². The second kappa shape index (κ2) is 15.6. The van der Waals surface area contributed by atoms with Gasteiger partial charge in [0.1, 0.15) is 42.7 Å². The van der Waals surface area contributed by atoms with Crippen molar-refractivity contribution in [2.75, 3.05) is 19.7 Å². The highest BCUT2D eigenvalue weighted by Gasteiger charge is 2.54. The Hall–Kier alpha value is -1.13. The van der Waals surface area contributed by atoms with Crippen molar-refractivity contribution in [3.63, 3.8) is 0 Å². The molecule has 1 saturated carbocycles. The number of aliphatic hydroxyl groups is 6. The van der Waals surface area contributed by atoms with Crippen LogP contribution in [0.2, 0.25) is 0 Å². The second-order valence-electron chi connectivity index (χ2n) is 11.0. The molecule has 0 spiro atoms. The molecule has 15 atom stereocenters. The number of carbonyl (C=O) groups excluding carboxylic acids is 1. The molecule has 0 aromatic carbocycles. The third-order valence-corrected chi connectivity index (χ3v) is 7.99. The highest BCUT2D eigenvalue weighted by Crippen LogP contribution is 2.32. The van der Waals surface area contributed by atoms with Crippen molar-refractivity contribution in [1.29, 1.82) is 0 Å². The fourth-order valence-corrected chi connectivity index (χ4v) is 5.35. The number of carbonyl (C=O) groups is 1. The van der Waals surface area contributed by atoms with Gasteiger partial charge in [0.15, 0.2) is 12.6 Å². The molecule has 0 aromatic heterocycles. The van der Waals surface area contributed by atoms with Crippen molar-refractivity contribution in [3.8, 4) is 0 Å². The third-order valence-electron chi connectivity index (χ3n) is 7.99. The molecule has 17 N–H and O–H groups in total. The Morgan fingerprint density at radius 3 is 2.20 bits per heavy atom. The Kier molecular flexibility index (Phi) is 13.0. The molecule has 3 fully saturated rings. The van der Waals surface area contributed by atoms with E-state index >= 15 is 0 Å². The average Bonchev–Trinajstić information content (AvgIpc) is 2.96. The molecule has 2 aliphatic heterocycles. The van der Waals surface area contributed by atoms with Crippen LogP contribution in [0, 0.1) is 0 Å². The lowest BCUT2D eigenvalue weighted by atomic mass is 9.81. The van der Waals surface area contributed by atoms with Crippen LogP contribution >= 0.6 is 0 Å². The molecule has 3 rings (SSSR count). The Morgan fingerprint density at radius 1 is 0.878 bits per heavy atom. The van der Waals surface area contributed by atoms with Gasteiger partial charge >= 0.3 is 0 Å². The summed E-state index contributed by atoms with van der Waals surface area (Å²) in [5, 5.41) is 65.9. The lowest BCUT2D eigenvalue weighted by Crippen LogP contribution is -2.74. The number of aliphatic hydroxyl groups excluding tert-OH is 6. The summed E-state index contributed by atoms with van der Waals surface area (Å²) in [5.41, 5.74) is 29.5. The van der Waals surface area contributed by atoms with E-state index in [1.54, 1.807) is 0 Å². The zero-order valence-corrected chi connectivity index (χ0v) is 22.9. The van der Waals surface area contributed by atoms with Crippen molar-refractivity contribution in [2.45, 2.75) is 124 Å². The van der Waals surface area contributed by atoms with Crippen LogP contribution in [0.15, 0.2) is 0 Å². The van der Waals surface area contributed by atoms with Crippen LogP contribution in [-0.2, 0) is 23.7 Å². The summed E-state index contributed by atoms with van der Waals surface area (Å²) in [6.07, 6.45) is -12.7. The topological polar surface area (TPSA) is 318 Å². The summed E-state index contributed by atoms with van der Waals surface area (Å²) in [6, 6.07) is -4.63. The Bertz CT molecular complexity index is 818. The van der Waals surface area contributed by atoms with Crippen LogP contribution < -0.4 is 34.0 Å². The highest BCUT2D eigenvalue weighted by molar-refractivity contribution is 5.80. The molecule has 1 amide bonds. The van der Waals surface area contributed by atoms with Gasteiger partial charge < -0.3 is 83.6 Å². The maximum Gasteiger partial charge on any atom is 0.249 e. The first-order valence-electron chi connectivity index (χ1n) is 14.0. The van der Waals surface area contributed by atoms with Gasteiger partial charge in [0, 0.05) is 6.54 Å². The maximum atomic E-state index is 12.8. The monoisotopic (exact) mass is 596 g/mol. The Labute approximate surface area is 238 Å². The third kappa shape index (κ3) is 8.08. The number of amides is 1. The van der Waals surface area contributed by atoms with Gasteiger partial charge in [0.2, 0.25) is 5.91 Å². The van der Waals surface area contributed by atoms with E-state index in [2.05, 4.69) is 5.32 Å². The van der Waals surface area contributed by atoms with E-state index in [9.17, 15) is 35.4 Å². The summed E-state index contributed by atoms with van der Waals surface area (Å²) in [6.45, 7) is -0.0803. The lowest BCUT2D eigenvalue weighted by molar-refractivity contribution is -0.319. The molecule has 7 unspecified atom stereocenters. The Balaban J connectivity index is 1.86. The number of hydrogen-bond acceptors (Lipinski definition) is 16.